The van der Waals surface area contributed by atoms with Crippen LogP contribution in [0.1, 0.15) is 25.5 Å². The summed E-state index contributed by atoms with van der Waals surface area (Å²) in [6, 6.07) is 5.40. The third-order valence-corrected chi connectivity index (χ3v) is 2.86. The van der Waals surface area contributed by atoms with Crippen LogP contribution < -0.4 is 4.74 Å². The van der Waals surface area contributed by atoms with E-state index in [1.807, 2.05) is 13.0 Å². The maximum atomic E-state index is 9.62. The standard InChI is InChI=1S/C13H19BrO4/c1-3-17-7-11(16)8-18-13-6-10(14)4-5-12(13)9(2)15/h4-6,9,11,15-16H,3,7-8H2,1-2H3/t9-,11?/m1/s1. The molecule has 0 fully saturated rings. The van der Waals surface area contributed by atoms with Gasteiger partial charge in [0, 0.05) is 16.6 Å². The molecule has 0 aliphatic carbocycles. The lowest BCUT2D eigenvalue weighted by molar-refractivity contribution is 0.0158. The van der Waals surface area contributed by atoms with Crippen LogP contribution in [-0.4, -0.2) is 36.1 Å². The van der Waals surface area contributed by atoms with Gasteiger partial charge in [0.05, 0.1) is 12.7 Å². The summed E-state index contributed by atoms with van der Waals surface area (Å²) in [4.78, 5) is 0. The monoisotopic (exact) mass is 318 g/mol. The Morgan fingerprint density at radius 2 is 2.00 bits per heavy atom. The van der Waals surface area contributed by atoms with E-state index in [9.17, 15) is 10.2 Å². The topological polar surface area (TPSA) is 58.9 Å². The summed E-state index contributed by atoms with van der Waals surface area (Å²) >= 11 is 3.35. The highest BCUT2D eigenvalue weighted by Crippen LogP contribution is 2.28. The molecule has 0 aliphatic rings. The molecule has 2 atom stereocenters. The fourth-order valence-electron chi connectivity index (χ4n) is 1.47. The first-order valence-corrected chi connectivity index (χ1v) is 6.70. The number of hydrogen-bond acceptors (Lipinski definition) is 4. The summed E-state index contributed by atoms with van der Waals surface area (Å²) in [6.45, 7) is 4.48. The van der Waals surface area contributed by atoms with Gasteiger partial charge in [-0.05, 0) is 26.0 Å². The van der Waals surface area contributed by atoms with Gasteiger partial charge in [-0.15, -0.1) is 0 Å². The average molecular weight is 319 g/mol. The first-order valence-electron chi connectivity index (χ1n) is 5.90. The van der Waals surface area contributed by atoms with E-state index in [2.05, 4.69) is 15.9 Å². The Kier molecular flexibility index (Phi) is 6.63. The normalized spacial score (nSPS) is 14.3. The van der Waals surface area contributed by atoms with Gasteiger partial charge >= 0.3 is 0 Å². The van der Waals surface area contributed by atoms with E-state index < -0.39 is 12.2 Å². The second-order valence-electron chi connectivity index (χ2n) is 3.98. The highest BCUT2D eigenvalue weighted by atomic mass is 79.9. The van der Waals surface area contributed by atoms with Gasteiger partial charge < -0.3 is 19.7 Å². The summed E-state index contributed by atoms with van der Waals surface area (Å²) < 4.78 is 11.5. The Labute approximate surface area is 116 Å². The Balaban J connectivity index is 2.62. The summed E-state index contributed by atoms with van der Waals surface area (Å²) in [5.74, 6) is 0.565. The Morgan fingerprint density at radius 3 is 2.61 bits per heavy atom. The van der Waals surface area contributed by atoms with Crippen LogP contribution in [0.5, 0.6) is 5.75 Å². The lowest BCUT2D eigenvalue weighted by Crippen LogP contribution is -2.23. The van der Waals surface area contributed by atoms with E-state index in [1.165, 1.54) is 0 Å². The predicted octanol–water partition coefficient (Wildman–Crippen LogP) is 2.28. The number of aliphatic hydroxyl groups excluding tert-OH is 2. The zero-order valence-electron chi connectivity index (χ0n) is 10.6. The minimum absolute atomic E-state index is 0.135. The van der Waals surface area contributed by atoms with E-state index in [0.717, 1.165) is 4.47 Å². The van der Waals surface area contributed by atoms with Crippen molar-refractivity contribution in [2.45, 2.75) is 26.1 Å². The van der Waals surface area contributed by atoms with Gasteiger partial charge in [0.15, 0.2) is 0 Å². The largest absolute Gasteiger partial charge is 0.490 e. The zero-order chi connectivity index (χ0) is 13.5. The number of benzene rings is 1. The van der Waals surface area contributed by atoms with Gasteiger partial charge in [-0.2, -0.15) is 0 Å². The van der Waals surface area contributed by atoms with Crippen LogP contribution in [0.15, 0.2) is 22.7 Å². The Bertz CT molecular complexity index is 368. The maximum absolute atomic E-state index is 9.62. The van der Waals surface area contributed by atoms with Crippen molar-refractivity contribution in [1.29, 1.82) is 0 Å². The maximum Gasteiger partial charge on any atom is 0.126 e. The number of hydrogen-bond donors (Lipinski definition) is 2. The van der Waals surface area contributed by atoms with Crippen molar-refractivity contribution in [2.24, 2.45) is 0 Å². The van der Waals surface area contributed by atoms with Crippen LogP contribution in [0, 0.1) is 0 Å². The van der Waals surface area contributed by atoms with Gasteiger partial charge in [0.2, 0.25) is 0 Å². The van der Waals surface area contributed by atoms with E-state index in [-0.39, 0.29) is 13.2 Å². The van der Waals surface area contributed by atoms with Crippen LogP contribution in [0.2, 0.25) is 0 Å². The molecule has 0 saturated heterocycles. The van der Waals surface area contributed by atoms with Crippen molar-refractivity contribution < 1.29 is 19.7 Å². The first kappa shape index (κ1) is 15.4. The fourth-order valence-corrected chi connectivity index (χ4v) is 1.81. The summed E-state index contributed by atoms with van der Waals surface area (Å²) in [5.41, 5.74) is 0.696. The molecule has 2 N–H and O–H groups in total. The number of rotatable bonds is 7. The highest BCUT2D eigenvalue weighted by Gasteiger charge is 2.12. The molecule has 1 rings (SSSR count). The van der Waals surface area contributed by atoms with Gasteiger partial charge in [-0.25, -0.2) is 0 Å². The zero-order valence-corrected chi connectivity index (χ0v) is 12.2. The van der Waals surface area contributed by atoms with Gasteiger partial charge in [-0.3, -0.25) is 0 Å². The van der Waals surface area contributed by atoms with Crippen molar-refractivity contribution in [3.05, 3.63) is 28.2 Å². The molecular formula is C13H19BrO4. The molecule has 5 heteroatoms. The summed E-state index contributed by atoms with van der Waals surface area (Å²) in [6.07, 6.45) is -1.29. The van der Waals surface area contributed by atoms with E-state index in [4.69, 9.17) is 9.47 Å². The summed E-state index contributed by atoms with van der Waals surface area (Å²) in [5, 5.41) is 19.2. The smallest absolute Gasteiger partial charge is 0.126 e. The minimum atomic E-state index is -0.675. The molecule has 18 heavy (non-hydrogen) atoms. The quantitative estimate of drug-likeness (QED) is 0.809. The lowest BCUT2D eigenvalue weighted by atomic mass is 10.1. The van der Waals surface area contributed by atoms with Crippen LogP contribution in [0.4, 0.5) is 0 Å². The van der Waals surface area contributed by atoms with E-state index in [1.54, 1.807) is 19.1 Å². The Hall–Kier alpha value is -0.620. The van der Waals surface area contributed by atoms with Crippen molar-refractivity contribution in [2.75, 3.05) is 19.8 Å². The van der Waals surface area contributed by atoms with Gasteiger partial charge in [-0.1, -0.05) is 22.0 Å². The second kappa shape index (κ2) is 7.74. The molecule has 102 valence electrons. The van der Waals surface area contributed by atoms with Crippen LogP contribution in [0.3, 0.4) is 0 Å². The Morgan fingerprint density at radius 1 is 1.28 bits per heavy atom. The van der Waals surface area contributed by atoms with E-state index >= 15 is 0 Å². The van der Waals surface area contributed by atoms with Crippen molar-refractivity contribution in [3.8, 4) is 5.75 Å². The van der Waals surface area contributed by atoms with Gasteiger partial charge in [0.1, 0.15) is 18.5 Å². The van der Waals surface area contributed by atoms with Crippen molar-refractivity contribution >= 4 is 15.9 Å². The molecule has 0 radical (unpaired) electrons. The first-order chi connectivity index (χ1) is 8.54. The van der Waals surface area contributed by atoms with Crippen LogP contribution in [0.25, 0.3) is 0 Å². The fraction of sp³-hybridized carbons (Fsp3) is 0.538. The van der Waals surface area contributed by atoms with Gasteiger partial charge in [0.25, 0.3) is 0 Å². The molecular weight excluding hydrogens is 300 g/mol. The molecule has 0 saturated carbocycles. The van der Waals surface area contributed by atoms with Crippen molar-refractivity contribution in [3.63, 3.8) is 0 Å². The summed E-state index contributed by atoms with van der Waals surface area (Å²) in [7, 11) is 0. The molecule has 0 amide bonds. The molecule has 0 spiro atoms. The molecule has 1 aromatic rings. The predicted molar refractivity (Wildman–Crippen MR) is 72.8 cm³/mol. The van der Waals surface area contributed by atoms with Crippen LogP contribution >= 0.6 is 15.9 Å². The molecule has 0 aliphatic heterocycles. The van der Waals surface area contributed by atoms with Crippen LogP contribution in [-0.2, 0) is 4.74 Å². The highest BCUT2D eigenvalue weighted by molar-refractivity contribution is 9.10. The molecule has 1 unspecified atom stereocenters. The molecule has 1 aromatic carbocycles. The molecule has 0 heterocycles. The third kappa shape index (κ3) is 4.94. The molecule has 0 aromatic heterocycles. The minimum Gasteiger partial charge on any atom is -0.490 e. The second-order valence-corrected chi connectivity index (χ2v) is 4.90. The lowest BCUT2D eigenvalue weighted by Gasteiger charge is -2.16. The molecule has 4 nitrogen and oxygen atoms in total. The number of ether oxygens (including phenoxy) is 2. The van der Waals surface area contributed by atoms with E-state index in [0.29, 0.717) is 17.9 Å². The SMILES string of the molecule is CCOCC(O)COc1cc(Br)ccc1[C@@H](C)O. The number of halogens is 1. The van der Waals surface area contributed by atoms with Crippen molar-refractivity contribution in [1.82, 2.24) is 0 Å². The molecule has 0 bridgehead atoms. The third-order valence-electron chi connectivity index (χ3n) is 2.37. The average Bonchev–Trinajstić information content (AvgIpc) is 2.33. The number of aliphatic hydroxyl groups is 2.